The number of nitrogens with zero attached hydrogens (tertiary/aromatic N) is 2. The number of aromatic nitrogens is 1. The van der Waals surface area contributed by atoms with Crippen LogP contribution in [0.5, 0.6) is 0 Å². The van der Waals surface area contributed by atoms with Crippen molar-refractivity contribution < 1.29 is 13.2 Å². The van der Waals surface area contributed by atoms with Crippen molar-refractivity contribution in [1.29, 1.82) is 0 Å². The fourth-order valence-corrected chi connectivity index (χ4v) is 4.23. The summed E-state index contributed by atoms with van der Waals surface area (Å²) in [6, 6.07) is 1.58. The maximum absolute atomic E-state index is 12.5. The highest BCUT2D eigenvalue weighted by atomic mass is 79.9. The number of pyridine rings is 1. The van der Waals surface area contributed by atoms with Crippen LogP contribution in [-0.4, -0.2) is 50.1 Å². The summed E-state index contributed by atoms with van der Waals surface area (Å²) in [5.41, 5.74) is 5.42. The SMILES string of the molecule is NCCCOC1CCN(S(=O)(=O)c2cncc(Br)c2)CC1. The largest absolute Gasteiger partial charge is 0.378 e. The summed E-state index contributed by atoms with van der Waals surface area (Å²) in [6.45, 7) is 2.21. The number of rotatable bonds is 6. The van der Waals surface area contributed by atoms with Crippen LogP contribution in [0.25, 0.3) is 0 Å². The van der Waals surface area contributed by atoms with Gasteiger partial charge in [0.2, 0.25) is 10.0 Å². The van der Waals surface area contributed by atoms with Crippen molar-refractivity contribution in [3.63, 3.8) is 0 Å². The third-order valence-electron chi connectivity index (χ3n) is 3.42. The zero-order chi connectivity index (χ0) is 15.3. The van der Waals surface area contributed by atoms with Crippen LogP contribution in [0, 0.1) is 0 Å². The number of piperidine rings is 1. The fraction of sp³-hybridized carbons (Fsp3) is 0.615. The van der Waals surface area contributed by atoms with Crippen LogP contribution in [0.2, 0.25) is 0 Å². The average Bonchev–Trinajstić information content (AvgIpc) is 2.48. The second-order valence-electron chi connectivity index (χ2n) is 4.96. The van der Waals surface area contributed by atoms with Crippen LogP contribution in [-0.2, 0) is 14.8 Å². The molecule has 1 saturated heterocycles. The highest BCUT2D eigenvalue weighted by molar-refractivity contribution is 9.10. The van der Waals surface area contributed by atoms with Crippen LogP contribution < -0.4 is 5.73 Å². The number of nitrogens with two attached hydrogens (primary N) is 1. The molecule has 1 aromatic heterocycles. The summed E-state index contributed by atoms with van der Waals surface area (Å²) in [5, 5.41) is 0. The zero-order valence-electron chi connectivity index (χ0n) is 11.7. The molecule has 0 unspecified atom stereocenters. The molecule has 0 aromatic carbocycles. The van der Waals surface area contributed by atoms with Gasteiger partial charge < -0.3 is 10.5 Å². The van der Waals surface area contributed by atoms with Crippen molar-refractivity contribution >= 4 is 26.0 Å². The number of sulfonamides is 1. The molecule has 0 atom stereocenters. The van der Waals surface area contributed by atoms with Gasteiger partial charge in [0.05, 0.1) is 6.10 Å². The van der Waals surface area contributed by atoms with Crippen LogP contribution in [0.4, 0.5) is 0 Å². The summed E-state index contributed by atoms with van der Waals surface area (Å²) in [7, 11) is -3.47. The lowest BCUT2D eigenvalue weighted by Gasteiger charge is -2.31. The Morgan fingerprint density at radius 3 is 2.71 bits per heavy atom. The lowest BCUT2D eigenvalue weighted by Crippen LogP contribution is -2.41. The van der Waals surface area contributed by atoms with E-state index >= 15 is 0 Å². The summed E-state index contributed by atoms with van der Waals surface area (Å²) in [5.74, 6) is 0. The third-order valence-corrected chi connectivity index (χ3v) is 5.72. The fourth-order valence-electron chi connectivity index (χ4n) is 2.25. The Hall–Kier alpha value is -0.540. The van der Waals surface area contributed by atoms with Crippen LogP contribution in [0.3, 0.4) is 0 Å². The molecule has 1 aliphatic rings. The zero-order valence-corrected chi connectivity index (χ0v) is 14.1. The standard InChI is InChI=1S/C13H20BrN3O3S/c14-11-8-13(10-16-9-11)21(18,19)17-5-2-12(3-6-17)20-7-1-4-15/h8-10,12H,1-7,15H2. The molecule has 2 heterocycles. The first kappa shape index (κ1) is 16.8. The predicted octanol–water partition coefficient (Wildman–Crippen LogP) is 1.36. The number of ether oxygens (including phenoxy) is 1. The Labute approximate surface area is 133 Å². The Bertz CT molecular complexity index is 560. The molecule has 0 spiro atoms. The van der Waals surface area contributed by atoms with Crippen molar-refractivity contribution in [1.82, 2.24) is 9.29 Å². The summed E-state index contributed by atoms with van der Waals surface area (Å²) >= 11 is 3.25. The second-order valence-corrected chi connectivity index (χ2v) is 7.81. The highest BCUT2D eigenvalue weighted by Gasteiger charge is 2.29. The molecular weight excluding hydrogens is 358 g/mol. The quantitative estimate of drug-likeness (QED) is 0.756. The lowest BCUT2D eigenvalue weighted by atomic mass is 10.1. The molecule has 1 aliphatic heterocycles. The average molecular weight is 378 g/mol. The van der Waals surface area contributed by atoms with E-state index in [9.17, 15) is 8.42 Å². The second kappa shape index (κ2) is 7.64. The highest BCUT2D eigenvalue weighted by Crippen LogP contribution is 2.23. The molecule has 1 fully saturated rings. The predicted molar refractivity (Wildman–Crippen MR) is 83.3 cm³/mol. The first-order valence-electron chi connectivity index (χ1n) is 6.96. The number of hydrogen-bond donors (Lipinski definition) is 1. The number of halogens is 1. The van der Waals surface area contributed by atoms with Gasteiger partial charge >= 0.3 is 0 Å². The number of hydrogen-bond acceptors (Lipinski definition) is 5. The van der Waals surface area contributed by atoms with Gasteiger partial charge in [-0.25, -0.2) is 8.42 Å². The van der Waals surface area contributed by atoms with E-state index in [-0.39, 0.29) is 11.0 Å². The van der Waals surface area contributed by atoms with E-state index < -0.39 is 10.0 Å². The molecule has 2 rings (SSSR count). The van der Waals surface area contributed by atoms with Gasteiger partial charge in [0.1, 0.15) is 4.90 Å². The molecule has 0 aliphatic carbocycles. The van der Waals surface area contributed by atoms with E-state index in [1.807, 2.05) is 0 Å². The summed E-state index contributed by atoms with van der Waals surface area (Å²) in [4.78, 5) is 4.14. The van der Waals surface area contributed by atoms with Crippen molar-refractivity contribution in [3.05, 3.63) is 22.9 Å². The Kier molecular flexibility index (Phi) is 6.12. The Morgan fingerprint density at radius 2 is 2.10 bits per heavy atom. The first-order valence-corrected chi connectivity index (χ1v) is 9.19. The van der Waals surface area contributed by atoms with Crippen LogP contribution in [0.15, 0.2) is 27.8 Å². The van der Waals surface area contributed by atoms with Crippen molar-refractivity contribution in [2.45, 2.75) is 30.3 Å². The minimum atomic E-state index is -3.47. The van der Waals surface area contributed by atoms with Crippen molar-refractivity contribution in [3.8, 4) is 0 Å². The minimum absolute atomic E-state index is 0.128. The van der Waals surface area contributed by atoms with Gasteiger partial charge in [-0.2, -0.15) is 4.31 Å². The lowest BCUT2D eigenvalue weighted by molar-refractivity contribution is 0.0209. The van der Waals surface area contributed by atoms with Gasteiger partial charge in [-0.15, -0.1) is 0 Å². The Morgan fingerprint density at radius 1 is 1.38 bits per heavy atom. The van der Waals surface area contributed by atoms with Crippen molar-refractivity contribution in [2.24, 2.45) is 5.73 Å². The molecule has 118 valence electrons. The van der Waals surface area contributed by atoms with E-state index in [1.165, 1.54) is 10.5 Å². The molecular formula is C13H20BrN3O3S. The maximum Gasteiger partial charge on any atom is 0.244 e. The Balaban J connectivity index is 1.95. The molecule has 0 saturated carbocycles. The molecule has 2 N–H and O–H groups in total. The van der Waals surface area contributed by atoms with E-state index in [1.54, 1.807) is 12.3 Å². The molecule has 0 amide bonds. The van der Waals surface area contributed by atoms with E-state index in [0.29, 0.717) is 43.6 Å². The molecule has 6 nitrogen and oxygen atoms in total. The van der Waals surface area contributed by atoms with Gasteiger partial charge in [0.15, 0.2) is 0 Å². The van der Waals surface area contributed by atoms with Gasteiger partial charge in [0.25, 0.3) is 0 Å². The van der Waals surface area contributed by atoms with Gasteiger partial charge in [-0.05, 0) is 47.8 Å². The van der Waals surface area contributed by atoms with Gasteiger partial charge in [0, 0.05) is 36.6 Å². The molecule has 8 heteroatoms. The van der Waals surface area contributed by atoms with Crippen molar-refractivity contribution in [2.75, 3.05) is 26.2 Å². The molecule has 0 bridgehead atoms. The van der Waals surface area contributed by atoms with E-state index in [2.05, 4.69) is 20.9 Å². The topological polar surface area (TPSA) is 85.5 Å². The van der Waals surface area contributed by atoms with Gasteiger partial charge in [-0.1, -0.05) is 0 Å². The molecule has 0 radical (unpaired) electrons. The maximum atomic E-state index is 12.5. The van der Waals surface area contributed by atoms with E-state index in [0.717, 1.165) is 6.42 Å². The minimum Gasteiger partial charge on any atom is -0.378 e. The monoisotopic (exact) mass is 377 g/mol. The van der Waals surface area contributed by atoms with E-state index in [4.69, 9.17) is 10.5 Å². The van der Waals surface area contributed by atoms with Crippen LogP contribution >= 0.6 is 15.9 Å². The molecule has 21 heavy (non-hydrogen) atoms. The first-order chi connectivity index (χ1) is 10.0. The van der Waals surface area contributed by atoms with Crippen LogP contribution in [0.1, 0.15) is 19.3 Å². The molecule has 1 aromatic rings. The summed E-state index contributed by atoms with van der Waals surface area (Å²) < 4.78 is 32.9. The third kappa shape index (κ3) is 4.46. The normalized spacial score (nSPS) is 18.0. The van der Waals surface area contributed by atoms with Gasteiger partial charge in [-0.3, -0.25) is 4.98 Å². The summed E-state index contributed by atoms with van der Waals surface area (Å²) in [6.07, 6.45) is 5.34. The smallest absolute Gasteiger partial charge is 0.244 e.